The predicted octanol–water partition coefficient (Wildman–Crippen LogP) is 1.75. The van der Waals surface area contributed by atoms with E-state index in [0.717, 1.165) is 5.75 Å². The average Bonchev–Trinajstić information content (AvgIpc) is 2.34. The Kier molecular flexibility index (Phi) is 4.98. The third-order valence-electron chi connectivity index (χ3n) is 1.86. The zero-order valence-corrected chi connectivity index (χ0v) is 8.91. The highest BCUT2D eigenvalue weighted by atomic mass is 16.5. The van der Waals surface area contributed by atoms with Crippen molar-refractivity contribution in [3.8, 4) is 11.5 Å². The lowest BCUT2D eigenvalue weighted by molar-refractivity contribution is 0.114. The third kappa shape index (κ3) is 4.08. The Balaban J connectivity index is 2.38. The van der Waals surface area contributed by atoms with E-state index in [1.165, 1.54) is 0 Å². The van der Waals surface area contributed by atoms with E-state index in [1.807, 2.05) is 0 Å². The van der Waals surface area contributed by atoms with Gasteiger partial charge in [-0.1, -0.05) is 5.11 Å². The van der Waals surface area contributed by atoms with Gasteiger partial charge in [-0.3, -0.25) is 0 Å². The van der Waals surface area contributed by atoms with E-state index in [-0.39, 0.29) is 13.2 Å². The van der Waals surface area contributed by atoms with E-state index in [1.54, 1.807) is 31.4 Å². The van der Waals surface area contributed by atoms with Gasteiger partial charge >= 0.3 is 0 Å². The van der Waals surface area contributed by atoms with Gasteiger partial charge in [0.15, 0.2) is 0 Å². The molecule has 0 aliphatic rings. The summed E-state index contributed by atoms with van der Waals surface area (Å²) in [6.07, 6.45) is -0.794. The lowest BCUT2D eigenvalue weighted by atomic mass is 10.3. The summed E-state index contributed by atoms with van der Waals surface area (Å²) in [7, 11) is 1.58. The molecular formula is C10H13N3O3. The first kappa shape index (κ1) is 12.2. The van der Waals surface area contributed by atoms with Crippen LogP contribution in [0.1, 0.15) is 0 Å². The minimum atomic E-state index is -0.794. The molecule has 1 aromatic carbocycles. The summed E-state index contributed by atoms with van der Waals surface area (Å²) in [6, 6.07) is 6.99. The van der Waals surface area contributed by atoms with Crippen molar-refractivity contribution in [2.75, 3.05) is 20.3 Å². The summed E-state index contributed by atoms with van der Waals surface area (Å²) in [6.45, 7) is 0.0952. The maximum atomic E-state index is 9.33. The monoisotopic (exact) mass is 223 g/mol. The van der Waals surface area contributed by atoms with Gasteiger partial charge in [-0.25, -0.2) is 0 Å². The summed E-state index contributed by atoms with van der Waals surface area (Å²) in [5.74, 6) is 1.36. The molecule has 0 saturated carbocycles. The van der Waals surface area contributed by atoms with E-state index < -0.39 is 6.10 Å². The fraction of sp³-hybridized carbons (Fsp3) is 0.400. The second kappa shape index (κ2) is 6.55. The van der Waals surface area contributed by atoms with Crippen molar-refractivity contribution < 1.29 is 14.6 Å². The number of azide groups is 1. The first-order valence-electron chi connectivity index (χ1n) is 4.72. The molecule has 0 amide bonds. The number of methoxy groups -OCH3 is 1. The summed E-state index contributed by atoms with van der Waals surface area (Å²) in [5, 5.41) is 12.6. The lowest BCUT2D eigenvalue weighted by Crippen LogP contribution is -2.20. The average molecular weight is 223 g/mol. The molecule has 0 aliphatic carbocycles. The molecule has 0 saturated heterocycles. The summed E-state index contributed by atoms with van der Waals surface area (Å²) >= 11 is 0. The van der Waals surface area contributed by atoms with Gasteiger partial charge in [0.25, 0.3) is 0 Å². The number of aliphatic hydroxyl groups is 1. The largest absolute Gasteiger partial charge is 0.497 e. The van der Waals surface area contributed by atoms with Crippen LogP contribution in [0.4, 0.5) is 0 Å². The van der Waals surface area contributed by atoms with Crippen LogP contribution in [0.3, 0.4) is 0 Å². The molecular weight excluding hydrogens is 210 g/mol. The zero-order valence-electron chi connectivity index (χ0n) is 8.91. The van der Waals surface area contributed by atoms with E-state index in [2.05, 4.69) is 10.0 Å². The fourth-order valence-electron chi connectivity index (χ4n) is 1.05. The summed E-state index contributed by atoms with van der Waals surface area (Å²) < 4.78 is 10.3. The normalized spacial score (nSPS) is 11.4. The third-order valence-corrected chi connectivity index (χ3v) is 1.86. The van der Waals surface area contributed by atoms with Crippen molar-refractivity contribution in [3.05, 3.63) is 34.7 Å². The molecule has 1 aromatic rings. The smallest absolute Gasteiger partial charge is 0.119 e. The lowest BCUT2D eigenvalue weighted by Gasteiger charge is -2.10. The molecule has 0 unspecified atom stereocenters. The van der Waals surface area contributed by atoms with Crippen LogP contribution in [0.2, 0.25) is 0 Å². The van der Waals surface area contributed by atoms with Crippen LogP contribution in [0.25, 0.3) is 10.4 Å². The van der Waals surface area contributed by atoms with Gasteiger partial charge in [0.1, 0.15) is 18.1 Å². The first-order valence-corrected chi connectivity index (χ1v) is 4.72. The molecule has 1 N–H and O–H groups in total. The maximum absolute atomic E-state index is 9.33. The van der Waals surface area contributed by atoms with E-state index >= 15 is 0 Å². The van der Waals surface area contributed by atoms with Crippen LogP contribution in [0, 0.1) is 0 Å². The van der Waals surface area contributed by atoms with Crippen molar-refractivity contribution in [3.63, 3.8) is 0 Å². The summed E-state index contributed by atoms with van der Waals surface area (Å²) in [4.78, 5) is 2.55. The Labute approximate surface area is 93.0 Å². The van der Waals surface area contributed by atoms with Gasteiger partial charge in [-0.15, -0.1) is 0 Å². The topological polar surface area (TPSA) is 87.5 Å². The number of nitrogens with zero attached hydrogens (tertiary/aromatic N) is 3. The van der Waals surface area contributed by atoms with Gasteiger partial charge in [0, 0.05) is 4.91 Å². The second-order valence-corrected chi connectivity index (χ2v) is 3.05. The molecule has 0 bridgehead atoms. The molecule has 0 radical (unpaired) electrons. The fourth-order valence-corrected chi connectivity index (χ4v) is 1.05. The second-order valence-electron chi connectivity index (χ2n) is 3.05. The van der Waals surface area contributed by atoms with Gasteiger partial charge < -0.3 is 14.6 Å². The SMILES string of the molecule is COc1ccc(OC[C@H](O)CN=[N+]=[N-])cc1. The molecule has 16 heavy (non-hydrogen) atoms. The molecule has 0 aromatic heterocycles. The molecule has 0 aliphatic heterocycles. The molecule has 0 fully saturated rings. The number of ether oxygens (including phenoxy) is 2. The Morgan fingerprint density at radius 1 is 1.38 bits per heavy atom. The predicted molar refractivity (Wildman–Crippen MR) is 58.5 cm³/mol. The first-order chi connectivity index (χ1) is 7.76. The molecule has 1 rings (SSSR count). The molecule has 86 valence electrons. The number of benzene rings is 1. The molecule has 0 heterocycles. The minimum absolute atomic E-state index is 0.00660. The van der Waals surface area contributed by atoms with Crippen LogP contribution < -0.4 is 9.47 Å². The Hall–Kier alpha value is -1.91. The van der Waals surface area contributed by atoms with Crippen molar-refractivity contribution in [1.29, 1.82) is 0 Å². The number of hydrogen-bond acceptors (Lipinski definition) is 4. The van der Waals surface area contributed by atoms with Gasteiger partial charge in [-0.2, -0.15) is 0 Å². The molecule has 6 heteroatoms. The van der Waals surface area contributed by atoms with Gasteiger partial charge in [0.2, 0.25) is 0 Å². The standard InChI is InChI=1S/C10H13N3O3/c1-15-9-2-4-10(5-3-9)16-7-8(14)6-12-13-11/h2-5,8,14H,6-7H2,1H3/t8-/m1/s1. The number of aliphatic hydroxyl groups excluding tert-OH is 1. The number of rotatable bonds is 6. The highest BCUT2D eigenvalue weighted by Crippen LogP contribution is 2.16. The number of hydrogen-bond donors (Lipinski definition) is 1. The maximum Gasteiger partial charge on any atom is 0.119 e. The van der Waals surface area contributed by atoms with Crippen molar-refractivity contribution >= 4 is 0 Å². The molecule has 0 spiro atoms. The van der Waals surface area contributed by atoms with Crippen LogP contribution in [-0.4, -0.2) is 31.5 Å². The summed E-state index contributed by atoms with van der Waals surface area (Å²) in [5.41, 5.74) is 8.05. The minimum Gasteiger partial charge on any atom is -0.497 e. The van der Waals surface area contributed by atoms with Gasteiger partial charge in [0.05, 0.1) is 19.8 Å². The van der Waals surface area contributed by atoms with E-state index in [9.17, 15) is 5.11 Å². The van der Waals surface area contributed by atoms with Crippen LogP contribution in [0.15, 0.2) is 29.4 Å². The molecule has 6 nitrogen and oxygen atoms in total. The van der Waals surface area contributed by atoms with Crippen LogP contribution >= 0.6 is 0 Å². The Morgan fingerprint density at radius 3 is 2.56 bits per heavy atom. The van der Waals surface area contributed by atoms with Crippen molar-refractivity contribution in [2.45, 2.75) is 6.10 Å². The van der Waals surface area contributed by atoms with Crippen LogP contribution in [0.5, 0.6) is 11.5 Å². The highest BCUT2D eigenvalue weighted by molar-refractivity contribution is 5.31. The van der Waals surface area contributed by atoms with Crippen LogP contribution in [-0.2, 0) is 0 Å². The van der Waals surface area contributed by atoms with Gasteiger partial charge in [-0.05, 0) is 29.8 Å². The van der Waals surface area contributed by atoms with Crippen molar-refractivity contribution in [1.82, 2.24) is 0 Å². The Morgan fingerprint density at radius 2 is 2.00 bits per heavy atom. The van der Waals surface area contributed by atoms with Crippen molar-refractivity contribution in [2.24, 2.45) is 5.11 Å². The van der Waals surface area contributed by atoms with E-state index in [4.69, 9.17) is 15.0 Å². The molecule has 1 atom stereocenters. The highest BCUT2D eigenvalue weighted by Gasteiger charge is 2.03. The quantitative estimate of drug-likeness (QED) is 0.452. The Bertz CT molecular complexity index is 360. The van der Waals surface area contributed by atoms with E-state index in [0.29, 0.717) is 5.75 Å². The zero-order chi connectivity index (χ0) is 11.8.